The Labute approximate surface area is 551 Å². The second kappa shape index (κ2) is 35.5. The minimum absolute atomic E-state index is 0.00672. The zero-order chi connectivity index (χ0) is 67.2. The highest BCUT2D eigenvalue weighted by Crippen LogP contribution is 2.36. The van der Waals surface area contributed by atoms with Gasteiger partial charge in [-0.15, -0.1) is 11.3 Å². The quantitative estimate of drug-likeness (QED) is 0.0287. The molecule has 23 nitrogen and oxygen atoms in total. The first-order valence-electron chi connectivity index (χ1n) is 32.0. The van der Waals surface area contributed by atoms with Crippen molar-refractivity contribution in [2.75, 3.05) is 155 Å². The smallest absolute Gasteiger partial charge is 0.391 e. The molecule has 3 atom stereocenters. The molecule has 2 aromatic heterocycles. The number of piperazine rings is 2. The maximum atomic E-state index is 14.0. The number of likely N-dealkylation sites (tertiary alicyclic amines) is 1. The standard InChI is InChI=1S/C67H90F3N11O12S/c1-46-61(94-45-74-46)49-11-9-47(10-12-49)41-73-64(87)57-39-52(82)44-81(57)65(88)62(66(2,3)4)76-59(84)16-28-90-30-32-92-34-36-93-35-33-91-31-29-89-27-15-58(83)71-17-18-78-21-23-79(24-22-78)43-48-7-6-8-50(37-48)51-13-14-56(80-25-19-77(5)20-26-80)55(38-51)75-63(86)53-42-72-60(85)40-54(53)67(68,69)70/h6-14,37-38,40,42,45,52,57,62,82H,15-36,39,41,43-44H2,1-5H3,(H,71,83)(H,72,85)(H,73,87)(H,75,86)(H,76,84)/t52-,57+,62-/m1/s1. The summed E-state index contributed by atoms with van der Waals surface area (Å²) in [6.07, 6.45) is -4.66. The van der Waals surface area contributed by atoms with E-state index in [2.05, 4.69) is 63.0 Å². The van der Waals surface area contributed by atoms with E-state index in [1.54, 1.807) is 22.9 Å². The number of likely N-dealkylation sites (N-methyl/N-ethyl adjacent to an activating group) is 1. The molecule has 5 aromatic rings. The van der Waals surface area contributed by atoms with Gasteiger partial charge in [0.15, 0.2) is 0 Å². The van der Waals surface area contributed by atoms with Gasteiger partial charge < -0.3 is 69.7 Å². The van der Waals surface area contributed by atoms with Gasteiger partial charge in [0.2, 0.25) is 29.2 Å². The number of aliphatic hydroxyl groups is 1. The first-order valence-corrected chi connectivity index (χ1v) is 32.9. The van der Waals surface area contributed by atoms with Crippen LogP contribution < -0.4 is 31.7 Å². The van der Waals surface area contributed by atoms with Gasteiger partial charge in [-0.25, -0.2) is 4.98 Å². The van der Waals surface area contributed by atoms with Crippen LogP contribution in [-0.4, -0.2) is 228 Å². The number of rotatable bonds is 33. The maximum Gasteiger partial charge on any atom is 0.417 e. The summed E-state index contributed by atoms with van der Waals surface area (Å²) in [6, 6.07) is 20.1. The Morgan fingerprint density at radius 2 is 1.33 bits per heavy atom. The van der Waals surface area contributed by atoms with Gasteiger partial charge in [-0.05, 0) is 65.4 Å². The van der Waals surface area contributed by atoms with E-state index in [4.69, 9.17) is 23.7 Å². The topological polar surface area (TPSA) is 262 Å². The van der Waals surface area contributed by atoms with Gasteiger partial charge in [0.1, 0.15) is 12.1 Å². The Morgan fingerprint density at radius 1 is 0.723 bits per heavy atom. The SMILES string of the molecule is Cc1ncsc1-c1ccc(CNC(=O)[C@@H]2C[C@@H](O)CN2C(=O)[C@@H](NC(=O)CCOCCOCCOCCOCCOCCC(=O)NCCN2CCN(Cc3cccc(-c4ccc(N5CCN(C)CC5)c(NC(=O)c5c[nH]c(=O)cc5C(F)(F)F)c4)c3)CC2)C(C)(C)C)cc1. The Kier molecular flexibility index (Phi) is 27.5. The highest BCUT2D eigenvalue weighted by Gasteiger charge is 2.44. The number of carbonyl (C=O) groups is 5. The van der Waals surface area contributed by atoms with E-state index in [0.29, 0.717) is 89.9 Å². The van der Waals surface area contributed by atoms with Gasteiger partial charge in [-0.3, -0.25) is 38.6 Å². The van der Waals surface area contributed by atoms with Gasteiger partial charge in [0, 0.05) is 117 Å². The van der Waals surface area contributed by atoms with Crippen LogP contribution in [0.15, 0.2) is 89.3 Å². The summed E-state index contributed by atoms with van der Waals surface area (Å²) < 4.78 is 69.8. The molecular formula is C67H90F3N11O12S. The molecular weight excluding hydrogens is 1240 g/mol. The summed E-state index contributed by atoms with van der Waals surface area (Å²) >= 11 is 1.56. The van der Waals surface area contributed by atoms with Crippen molar-refractivity contribution >= 4 is 52.2 Å². The highest BCUT2D eigenvalue weighted by atomic mass is 32.1. The summed E-state index contributed by atoms with van der Waals surface area (Å²) in [5.74, 6) is -2.27. The van der Waals surface area contributed by atoms with Crippen LogP contribution in [0.2, 0.25) is 0 Å². The Morgan fingerprint density at radius 3 is 1.95 bits per heavy atom. The number of ether oxygens (including phenoxy) is 5. The van der Waals surface area contributed by atoms with E-state index in [-0.39, 0.29) is 69.9 Å². The lowest BCUT2D eigenvalue weighted by molar-refractivity contribution is -0.144. The molecule has 512 valence electrons. The molecule has 0 spiro atoms. The first-order chi connectivity index (χ1) is 45.1. The molecule has 5 amide bonds. The van der Waals surface area contributed by atoms with E-state index in [9.17, 15) is 47.0 Å². The summed E-state index contributed by atoms with van der Waals surface area (Å²) in [5.41, 5.74) is 4.86. The largest absolute Gasteiger partial charge is 0.417 e. The van der Waals surface area contributed by atoms with Gasteiger partial charge in [0.25, 0.3) is 5.91 Å². The third-order valence-corrected chi connectivity index (χ3v) is 17.6. The van der Waals surface area contributed by atoms with E-state index < -0.39 is 58.3 Å². The number of benzene rings is 3. The molecule has 27 heteroatoms. The molecule has 6 N–H and O–H groups in total. The molecule has 0 saturated carbocycles. The zero-order valence-electron chi connectivity index (χ0n) is 54.4. The lowest BCUT2D eigenvalue weighted by atomic mass is 9.85. The number of aliphatic hydroxyl groups excluding tert-OH is 1. The number of anilines is 2. The number of aromatic nitrogens is 2. The van der Waals surface area contributed by atoms with Crippen LogP contribution in [0.25, 0.3) is 21.6 Å². The molecule has 0 unspecified atom stereocenters. The second-order valence-corrected chi connectivity index (χ2v) is 25.6. The van der Waals surface area contributed by atoms with Crippen LogP contribution in [0.3, 0.4) is 0 Å². The van der Waals surface area contributed by atoms with Crippen LogP contribution in [0.5, 0.6) is 0 Å². The van der Waals surface area contributed by atoms with Crippen molar-refractivity contribution in [3.63, 3.8) is 0 Å². The number of aryl methyl sites for hydroxylation is 1. The minimum Gasteiger partial charge on any atom is -0.391 e. The number of thiazole rings is 1. The number of nitrogens with one attached hydrogen (secondary N) is 5. The molecule has 8 rings (SSSR count). The molecule has 3 aliphatic heterocycles. The fraction of sp³-hybridized carbons (Fsp3) is 0.537. The van der Waals surface area contributed by atoms with Gasteiger partial charge in [-0.2, -0.15) is 13.2 Å². The minimum atomic E-state index is -4.91. The number of carbonyl (C=O) groups excluding carboxylic acids is 5. The second-order valence-electron chi connectivity index (χ2n) is 24.8. The van der Waals surface area contributed by atoms with Crippen molar-refractivity contribution in [1.82, 2.24) is 45.5 Å². The Balaban J connectivity index is 0.620. The predicted molar refractivity (Wildman–Crippen MR) is 351 cm³/mol. The molecule has 0 aliphatic carbocycles. The van der Waals surface area contributed by atoms with E-state index in [1.807, 2.05) is 83.3 Å². The molecule has 0 radical (unpaired) electrons. The van der Waals surface area contributed by atoms with Crippen LogP contribution >= 0.6 is 11.3 Å². The average Bonchev–Trinajstić information content (AvgIpc) is 1.39. The van der Waals surface area contributed by atoms with E-state index in [1.165, 1.54) is 4.90 Å². The van der Waals surface area contributed by atoms with Gasteiger partial charge in [-0.1, -0.05) is 69.3 Å². The Bertz CT molecular complexity index is 3330. The summed E-state index contributed by atoms with van der Waals surface area (Å²) in [4.78, 5) is 96.3. The van der Waals surface area contributed by atoms with E-state index >= 15 is 0 Å². The van der Waals surface area contributed by atoms with Crippen LogP contribution in [0, 0.1) is 12.3 Å². The lowest BCUT2D eigenvalue weighted by Gasteiger charge is -2.35. The molecule has 3 aliphatic rings. The lowest BCUT2D eigenvalue weighted by Crippen LogP contribution is -2.57. The monoisotopic (exact) mass is 1330 g/mol. The molecule has 3 saturated heterocycles. The molecule has 94 heavy (non-hydrogen) atoms. The molecule has 3 aromatic carbocycles. The number of alkyl halides is 3. The first kappa shape index (κ1) is 72.6. The number of aromatic amines is 1. The number of amides is 5. The van der Waals surface area contributed by atoms with Crippen molar-refractivity contribution < 1.29 is 65.9 Å². The van der Waals surface area contributed by atoms with Crippen LogP contribution in [0.4, 0.5) is 24.5 Å². The number of H-pyrrole nitrogens is 1. The number of halogens is 3. The number of hydrogen-bond acceptors (Lipinski definition) is 18. The van der Waals surface area contributed by atoms with Gasteiger partial charge in [0.05, 0.1) is 111 Å². The van der Waals surface area contributed by atoms with Crippen molar-refractivity contribution in [2.45, 2.75) is 84.4 Å². The number of hydrogen-bond donors (Lipinski definition) is 6. The Hall–Kier alpha value is -7.18. The third kappa shape index (κ3) is 22.2. The normalized spacial score (nSPS) is 17.1. The van der Waals surface area contributed by atoms with Crippen molar-refractivity contribution in [3.05, 3.63) is 123 Å². The molecule has 0 bridgehead atoms. The zero-order valence-corrected chi connectivity index (χ0v) is 55.2. The fourth-order valence-electron chi connectivity index (χ4n) is 11.3. The third-order valence-electron chi connectivity index (χ3n) is 16.6. The summed E-state index contributed by atoms with van der Waals surface area (Å²) in [6.45, 7) is 18.9. The van der Waals surface area contributed by atoms with Gasteiger partial charge >= 0.3 is 6.18 Å². The maximum absolute atomic E-state index is 14.0. The van der Waals surface area contributed by atoms with Crippen molar-refractivity contribution in [3.8, 4) is 21.6 Å². The average molecular weight is 1330 g/mol. The number of pyridine rings is 1. The fourth-order valence-corrected chi connectivity index (χ4v) is 12.1. The number of nitrogens with zero attached hydrogens (tertiary/aromatic N) is 6. The van der Waals surface area contributed by atoms with Crippen molar-refractivity contribution in [2.24, 2.45) is 5.41 Å². The predicted octanol–water partition coefficient (Wildman–Crippen LogP) is 5.40. The highest BCUT2D eigenvalue weighted by molar-refractivity contribution is 7.13. The van der Waals surface area contributed by atoms with E-state index in [0.717, 1.165) is 90.4 Å². The van der Waals surface area contributed by atoms with Crippen LogP contribution in [-0.2, 0) is 62.1 Å². The molecule has 3 fully saturated rings. The van der Waals surface area contributed by atoms with Crippen LogP contribution in [0.1, 0.15) is 72.8 Å². The summed E-state index contributed by atoms with van der Waals surface area (Å²) in [5, 5.41) is 22.1. The summed E-state index contributed by atoms with van der Waals surface area (Å²) in [7, 11) is 2.02. The molecule has 5 heterocycles. The van der Waals surface area contributed by atoms with Crippen molar-refractivity contribution in [1.29, 1.82) is 0 Å². The number of β-amino-alcohol motifs (C(OH)–C–C–N with tert-alkyl or cyclic N) is 1.